The van der Waals surface area contributed by atoms with Gasteiger partial charge in [-0.15, -0.1) is 0 Å². The summed E-state index contributed by atoms with van der Waals surface area (Å²) in [5.74, 6) is 2.40. The van der Waals surface area contributed by atoms with Crippen LogP contribution in [0.2, 0.25) is 0 Å². The van der Waals surface area contributed by atoms with E-state index in [1.807, 2.05) is 6.07 Å². The molecule has 2 heteroatoms. The monoisotopic (exact) mass is 308 g/mol. The van der Waals surface area contributed by atoms with Crippen LogP contribution in [0.4, 0.5) is 0 Å². The summed E-state index contributed by atoms with van der Waals surface area (Å²) in [7, 11) is 0. The Kier molecular flexibility index (Phi) is 2.92. The fraction of sp³-hybridized carbons (Fsp3) is 0.524. The van der Waals surface area contributed by atoms with Gasteiger partial charge in [-0.1, -0.05) is 37.5 Å². The fourth-order valence-corrected chi connectivity index (χ4v) is 5.65. The van der Waals surface area contributed by atoms with Gasteiger partial charge >= 0.3 is 0 Å². The zero-order valence-electron chi connectivity index (χ0n) is 13.5. The van der Waals surface area contributed by atoms with E-state index in [-0.39, 0.29) is 0 Å². The van der Waals surface area contributed by atoms with Crippen molar-refractivity contribution in [1.82, 2.24) is 0 Å². The zero-order chi connectivity index (χ0) is 15.6. The van der Waals surface area contributed by atoms with Crippen molar-refractivity contribution in [1.29, 1.82) is 0 Å². The van der Waals surface area contributed by atoms with Gasteiger partial charge in [0, 0.05) is 21.9 Å². The Morgan fingerprint density at radius 3 is 2.17 bits per heavy atom. The number of phenols is 2. The van der Waals surface area contributed by atoms with Crippen LogP contribution in [0.15, 0.2) is 18.2 Å². The van der Waals surface area contributed by atoms with E-state index in [4.69, 9.17) is 0 Å². The fourth-order valence-electron chi connectivity index (χ4n) is 5.65. The molecule has 0 heterocycles. The van der Waals surface area contributed by atoms with Crippen LogP contribution in [-0.2, 0) is 0 Å². The second-order valence-electron chi connectivity index (χ2n) is 7.84. The minimum Gasteiger partial charge on any atom is -0.507 e. The largest absolute Gasteiger partial charge is 0.507 e. The molecule has 0 amide bonds. The van der Waals surface area contributed by atoms with Crippen molar-refractivity contribution in [2.45, 2.75) is 69.1 Å². The van der Waals surface area contributed by atoms with Crippen molar-refractivity contribution < 1.29 is 10.2 Å². The van der Waals surface area contributed by atoms with E-state index in [9.17, 15) is 10.2 Å². The average molecular weight is 308 g/mol. The first-order valence-corrected chi connectivity index (χ1v) is 9.26. The molecular weight excluding hydrogens is 284 g/mol. The van der Waals surface area contributed by atoms with Gasteiger partial charge in [-0.2, -0.15) is 0 Å². The summed E-state index contributed by atoms with van der Waals surface area (Å²) in [6.45, 7) is 0. The maximum atomic E-state index is 11.1. The van der Waals surface area contributed by atoms with Gasteiger partial charge in [0.1, 0.15) is 11.5 Å². The molecule has 0 aliphatic heterocycles. The molecule has 0 saturated heterocycles. The van der Waals surface area contributed by atoms with Gasteiger partial charge in [0.25, 0.3) is 0 Å². The molecule has 2 aromatic carbocycles. The normalized spacial score (nSPS) is 26.8. The lowest BCUT2D eigenvalue weighted by molar-refractivity contribution is 0.438. The molecule has 3 aliphatic carbocycles. The second kappa shape index (κ2) is 4.90. The molecule has 2 saturated carbocycles. The molecule has 5 rings (SSSR count). The molecule has 2 fully saturated rings. The SMILES string of the molecule is Oc1c2c(c(O)c3c(C4CCCCC4)cccc13)C1CCC2C1. The van der Waals surface area contributed by atoms with Crippen molar-refractivity contribution in [3.8, 4) is 11.5 Å². The van der Waals surface area contributed by atoms with Gasteiger partial charge in [-0.3, -0.25) is 0 Å². The summed E-state index contributed by atoms with van der Waals surface area (Å²) in [5.41, 5.74) is 3.40. The van der Waals surface area contributed by atoms with Crippen LogP contribution in [0.5, 0.6) is 11.5 Å². The quantitative estimate of drug-likeness (QED) is 0.667. The molecule has 0 spiro atoms. The molecule has 2 N–H and O–H groups in total. The molecule has 23 heavy (non-hydrogen) atoms. The van der Waals surface area contributed by atoms with Gasteiger partial charge < -0.3 is 10.2 Å². The van der Waals surface area contributed by atoms with Crippen molar-refractivity contribution >= 4 is 10.8 Å². The highest BCUT2D eigenvalue weighted by molar-refractivity contribution is 5.99. The van der Waals surface area contributed by atoms with Crippen LogP contribution in [-0.4, -0.2) is 10.2 Å². The predicted molar refractivity (Wildman–Crippen MR) is 92.4 cm³/mol. The van der Waals surface area contributed by atoms with Crippen molar-refractivity contribution in [2.24, 2.45) is 0 Å². The first-order valence-electron chi connectivity index (χ1n) is 9.26. The van der Waals surface area contributed by atoms with Crippen LogP contribution in [0.3, 0.4) is 0 Å². The third kappa shape index (κ3) is 1.81. The Morgan fingerprint density at radius 2 is 1.43 bits per heavy atom. The number of hydrogen-bond donors (Lipinski definition) is 2. The van der Waals surface area contributed by atoms with Crippen LogP contribution >= 0.6 is 0 Å². The zero-order valence-corrected chi connectivity index (χ0v) is 13.5. The molecule has 2 nitrogen and oxygen atoms in total. The van der Waals surface area contributed by atoms with Crippen LogP contribution in [0.25, 0.3) is 10.8 Å². The maximum Gasteiger partial charge on any atom is 0.127 e. The molecular formula is C21H24O2. The number of fused-ring (bicyclic) bond motifs is 6. The van der Waals surface area contributed by atoms with Crippen LogP contribution < -0.4 is 0 Å². The molecule has 2 unspecified atom stereocenters. The van der Waals surface area contributed by atoms with E-state index in [1.54, 1.807) is 0 Å². The standard InChI is InChI=1S/C21H24O2/c22-20-16-8-4-7-15(12-5-2-1-3-6-12)19(16)21(23)18-14-10-9-13(11-14)17(18)20/h4,7-8,12-14,22-23H,1-3,5-6,9-11H2. The van der Waals surface area contributed by atoms with Gasteiger partial charge in [-0.05, 0) is 55.4 Å². The van der Waals surface area contributed by atoms with E-state index in [0.717, 1.165) is 28.3 Å². The van der Waals surface area contributed by atoms with Gasteiger partial charge in [0.05, 0.1) is 0 Å². The second-order valence-corrected chi connectivity index (χ2v) is 7.84. The molecule has 120 valence electrons. The van der Waals surface area contributed by atoms with E-state index in [2.05, 4.69) is 12.1 Å². The van der Waals surface area contributed by atoms with Gasteiger partial charge in [0.15, 0.2) is 0 Å². The third-order valence-corrected chi connectivity index (χ3v) is 6.68. The van der Waals surface area contributed by atoms with E-state index >= 15 is 0 Å². The molecule has 3 aliphatic rings. The summed E-state index contributed by atoms with van der Waals surface area (Å²) in [6.07, 6.45) is 9.77. The number of phenolic OH excluding ortho intramolecular Hbond substituents is 2. The number of rotatable bonds is 1. The maximum absolute atomic E-state index is 11.1. The lowest BCUT2D eigenvalue weighted by Crippen LogP contribution is -2.06. The van der Waals surface area contributed by atoms with Crippen molar-refractivity contribution in [3.05, 3.63) is 34.9 Å². The minimum absolute atomic E-state index is 0.456. The van der Waals surface area contributed by atoms with Crippen LogP contribution in [0, 0.1) is 0 Å². The minimum atomic E-state index is 0.456. The smallest absolute Gasteiger partial charge is 0.127 e. The van der Waals surface area contributed by atoms with E-state index in [0.29, 0.717) is 29.3 Å². The molecule has 2 aromatic rings. The van der Waals surface area contributed by atoms with Crippen molar-refractivity contribution in [2.75, 3.05) is 0 Å². The number of aromatic hydroxyl groups is 2. The third-order valence-electron chi connectivity index (χ3n) is 6.68. The Bertz CT molecular complexity index is 786. The first kappa shape index (κ1) is 13.7. The summed E-state index contributed by atoms with van der Waals surface area (Å²) in [5, 5.41) is 23.9. The first-order chi connectivity index (χ1) is 11.3. The lowest BCUT2D eigenvalue weighted by atomic mass is 9.79. The predicted octanol–water partition coefficient (Wildman–Crippen LogP) is 5.66. The van der Waals surface area contributed by atoms with Crippen molar-refractivity contribution in [3.63, 3.8) is 0 Å². The highest BCUT2D eigenvalue weighted by Crippen LogP contribution is 2.61. The van der Waals surface area contributed by atoms with E-state index in [1.165, 1.54) is 50.5 Å². The highest BCUT2D eigenvalue weighted by atomic mass is 16.3. The topological polar surface area (TPSA) is 40.5 Å². The van der Waals surface area contributed by atoms with Gasteiger partial charge in [0.2, 0.25) is 0 Å². The molecule has 0 aromatic heterocycles. The van der Waals surface area contributed by atoms with Crippen LogP contribution in [0.1, 0.15) is 85.8 Å². The summed E-state index contributed by atoms with van der Waals surface area (Å²) in [4.78, 5) is 0. The Balaban J connectivity index is 1.79. The highest BCUT2D eigenvalue weighted by Gasteiger charge is 2.42. The lowest BCUT2D eigenvalue weighted by Gasteiger charge is -2.26. The van der Waals surface area contributed by atoms with E-state index < -0.39 is 0 Å². The van der Waals surface area contributed by atoms with Gasteiger partial charge in [-0.25, -0.2) is 0 Å². The summed E-state index contributed by atoms with van der Waals surface area (Å²) < 4.78 is 0. The number of hydrogen-bond acceptors (Lipinski definition) is 2. The summed E-state index contributed by atoms with van der Waals surface area (Å²) >= 11 is 0. The molecule has 2 bridgehead atoms. The average Bonchev–Trinajstić information content (AvgIpc) is 3.21. The summed E-state index contributed by atoms with van der Waals surface area (Å²) in [6, 6.07) is 6.23. The Labute approximate surface area is 137 Å². The molecule has 0 radical (unpaired) electrons. The Morgan fingerprint density at radius 1 is 0.739 bits per heavy atom. The Hall–Kier alpha value is -1.70. The number of benzene rings is 2. The molecule has 2 atom stereocenters.